The second-order valence-corrected chi connectivity index (χ2v) is 8.94. The monoisotopic (exact) mass is 510 g/mol. The molecule has 5 aromatic rings. The van der Waals surface area contributed by atoms with Crippen LogP contribution in [0.5, 0.6) is 0 Å². The number of benzene rings is 3. The molecular formula is C30H30N4O4. The smallest absolute Gasteiger partial charge is 0.252 e. The lowest BCUT2D eigenvalue weighted by molar-refractivity contribution is -0.150. The first-order valence-corrected chi connectivity index (χ1v) is 12.5. The highest BCUT2D eigenvalue weighted by Crippen LogP contribution is 2.28. The second kappa shape index (κ2) is 13.0. The summed E-state index contributed by atoms with van der Waals surface area (Å²) in [5.41, 5.74) is 3.73. The molecule has 5 rings (SSSR count). The third kappa shape index (κ3) is 6.87. The van der Waals surface area contributed by atoms with E-state index < -0.39 is 18.3 Å². The summed E-state index contributed by atoms with van der Waals surface area (Å²) in [6.07, 6.45) is 2.56. The molecule has 0 saturated heterocycles. The number of hydrogen-bond acceptors (Lipinski definition) is 7. The van der Waals surface area contributed by atoms with Crippen molar-refractivity contribution in [2.75, 3.05) is 6.61 Å². The first-order valence-electron chi connectivity index (χ1n) is 12.5. The molecule has 3 atom stereocenters. The predicted octanol–water partition coefficient (Wildman–Crippen LogP) is 4.55. The Balaban J connectivity index is 1.40. The molecule has 0 saturated carbocycles. The topological polar surface area (TPSA) is 91.0 Å². The molecule has 2 aromatic heterocycles. The van der Waals surface area contributed by atoms with Crippen molar-refractivity contribution in [1.29, 1.82) is 0 Å². The Morgan fingerprint density at radius 3 is 1.92 bits per heavy atom. The molecule has 0 spiro atoms. The van der Waals surface area contributed by atoms with E-state index in [-0.39, 0.29) is 6.61 Å². The fourth-order valence-corrected chi connectivity index (χ4v) is 4.16. The van der Waals surface area contributed by atoms with Gasteiger partial charge in [0.1, 0.15) is 24.6 Å². The summed E-state index contributed by atoms with van der Waals surface area (Å²) in [4.78, 5) is 8.56. The molecule has 2 heterocycles. The highest BCUT2D eigenvalue weighted by molar-refractivity contribution is 5.27. The third-order valence-corrected chi connectivity index (χ3v) is 6.12. The predicted molar refractivity (Wildman–Crippen MR) is 142 cm³/mol. The Morgan fingerprint density at radius 2 is 1.29 bits per heavy atom. The highest BCUT2D eigenvalue weighted by atomic mass is 16.6. The minimum atomic E-state index is -0.977. The molecular weight excluding hydrogens is 480 g/mol. The summed E-state index contributed by atoms with van der Waals surface area (Å²) in [7, 11) is 0. The quantitative estimate of drug-likeness (QED) is 0.249. The van der Waals surface area contributed by atoms with Crippen molar-refractivity contribution in [3.05, 3.63) is 132 Å². The Hall–Kier alpha value is -3.95. The van der Waals surface area contributed by atoms with E-state index in [1.54, 1.807) is 16.9 Å². The van der Waals surface area contributed by atoms with E-state index >= 15 is 0 Å². The van der Waals surface area contributed by atoms with Crippen LogP contribution in [0.15, 0.2) is 110 Å². The summed E-state index contributed by atoms with van der Waals surface area (Å²) in [6.45, 7) is 1.07. The lowest BCUT2D eigenvalue weighted by Gasteiger charge is -2.31. The van der Waals surface area contributed by atoms with Crippen molar-refractivity contribution in [3.8, 4) is 0 Å². The molecule has 38 heavy (non-hydrogen) atoms. The lowest BCUT2D eigenvalue weighted by atomic mass is 10.0. The van der Waals surface area contributed by atoms with Crippen LogP contribution in [0.1, 0.15) is 28.4 Å². The van der Waals surface area contributed by atoms with Gasteiger partial charge >= 0.3 is 0 Å². The summed E-state index contributed by atoms with van der Waals surface area (Å²) < 4.78 is 20.3. The van der Waals surface area contributed by atoms with Gasteiger partial charge < -0.3 is 19.3 Å². The van der Waals surface area contributed by atoms with Crippen LogP contribution in [0.3, 0.4) is 0 Å². The molecule has 194 valence electrons. The van der Waals surface area contributed by atoms with Gasteiger partial charge in [0.25, 0.3) is 5.78 Å². The van der Waals surface area contributed by atoms with Crippen LogP contribution in [0.25, 0.3) is 5.78 Å². The number of aliphatic hydroxyl groups excluding tert-OH is 1. The van der Waals surface area contributed by atoms with Crippen molar-refractivity contribution in [2.24, 2.45) is 0 Å². The summed E-state index contributed by atoms with van der Waals surface area (Å²) in [5.74, 6) is 0.476. The molecule has 8 heteroatoms. The van der Waals surface area contributed by atoms with Gasteiger partial charge in [-0.15, -0.1) is 0 Å². The van der Waals surface area contributed by atoms with Gasteiger partial charge in [0, 0.05) is 18.0 Å². The minimum Gasteiger partial charge on any atom is -0.388 e. The molecule has 0 amide bonds. The molecule has 0 bridgehead atoms. The maximum atomic E-state index is 11.4. The van der Waals surface area contributed by atoms with E-state index in [0.717, 1.165) is 16.7 Å². The van der Waals surface area contributed by atoms with Gasteiger partial charge in [0.05, 0.1) is 26.4 Å². The van der Waals surface area contributed by atoms with Crippen molar-refractivity contribution in [1.82, 2.24) is 19.6 Å². The van der Waals surface area contributed by atoms with Gasteiger partial charge in [-0.3, -0.25) is 0 Å². The molecule has 0 aliphatic rings. The van der Waals surface area contributed by atoms with E-state index in [9.17, 15) is 5.11 Å². The van der Waals surface area contributed by atoms with Crippen molar-refractivity contribution in [2.45, 2.75) is 38.1 Å². The third-order valence-electron chi connectivity index (χ3n) is 6.12. The largest absolute Gasteiger partial charge is 0.388 e. The van der Waals surface area contributed by atoms with Crippen LogP contribution in [0.2, 0.25) is 0 Å². The maximum absolute atomic E-state index is 11.4. The van der Waals surface area contributed by atoms with E-state index in [2.05, 4.69) is 15.1 Å². The van der Waals surface area contributed by atoms with Gasteiger partial charge in [-0.25, -0.2) is 9.50 Å². The molecule has 3 aromatic carbocycles. The van der Waals surface area contributed by atoms with Gasteiger partial charge in [0.2, 0.25) is 0 Å². The summed E-state index contributed by atoms with van der Waals surface area (Å²) in [5, 5.41) is 15.6. The van der Waals surface area contributed by atoms with E-state index in [4.69, 9.17) is 14.2 Å². The summed E-state index contributed by atoms with van der Waals surface area (Å²) in [6, 6.07) is 29.6. The van der Waals surface area contributed by atoms with Crippen LogP contribution in [-0.2, 0) is 34.0 Å². The molecule has 0 aliphatic heterocycles. The Labute approximate surface area is 221 Å². The van der Waals surface area contributed by atoms with Gasteiger partial charge in [0.15, 0.2) is 0 Å². The zero-order chi connectivity index (χ0) is 26.0. The normalized spacial score (nSPS) is 13.8. The van der Waals surface area contributed by atoms with Gasteiger partial charge in [-0.05, 0) is 16.7 Å². The zero-order valence-electron chi connectivity index (χ0n) is 20.9. The minimum absolute atomic E-state index is 0.0680. The Kier molecular flexibility index (Phi) is 8.81. The van der Waals surface area contributed by atoms with Crippen molar-refractivity contribution >= 4 is 5.78 Å². The Bertz CT molecular complexity index is 1380. The van der Waals surface area contributed by atoms with Gasteiger partial charge in [-0.1, -0.05) is 91.0 Å². The fourth-order valence-electron chi connectivity index (χ4n) is 4.16. The first-order chi connectivity index (χ1) is 18.8. The highest BCUT2D eigenvalue weighted by Gasteiger charge is 2.33. The molecule has 0 aliphatic carbocycles. The van der Waals surface area contributed by atoms with Crippen LogP contribution in [0, 0.1) is 0 Å². The number of fused-ring (bicyclic) bond motifs is 1. The second-order valence-electron chi connectivity index (χ2n) is 8.94. The average molecular weight is 511 g/mol. The fraction of sp³-hybridized carbons (Fsp3) is 0.233. The van der Waals surface area contributed by atoms with Crippen LogP contribution in [-0.4, -0.2) is 43.5 Å². The SMILES string of the molecule is O[C@H](COCc1ccccc1)[C@@H](OCc1ccccc1)[C@H](OCc1ccccc1)c1cnc2ncnn2c1. The first kappa shape index (κ1) is 25.7. The number of nitrogens with zero attached hydrogens (tertiary/aromatic N) is 4. The van der Waals surface area contributed by atoms with Crippen molar-refractivity contribution < 1.29 is 19.3 Å². The number of ether oxygens (including phenoxy) is 3. The van der Waals surface area contributed by atoms with E-state index in [1.807, 2.05) is 91.0 Å². The zero-order valence-corrected chi connectivity index (χ0v) is 20.9. The van der Waals surface area contributed by atoms with Crippen LogP contribution < -0.4 is 0 Å². The average Bonchev–Trinajstić information content (AvgIpc) is 3.44. The molecule has 0 radical (unpaired) electrons. The van der Waals surface area contributed by atoms with E-state index in [0.29, 0.717) is 31.2 Å². The molecule has 8 nitrogen and oxygen atoms in total. The number of hydrogen-bond donors (Lipinski definition) is 1. The number of aliphatic hydroxyl groups is 1. The molecule has 0 fully saturated rings. The van der Waals surface area contributed by atoms with Crippen molar-refractivity contribution in [3.63, 3.8) is 0 Å². The standard InChI is InChI=1S/C30H30N4O4/c35-27(21-36-18-23-10-4-1-5-11-23)29(38-20-25-14-8-3-9-15-25)28(37-19-24-12-6-2-7-13-24)26-16-31-30-32-22-33-34(30)17-26/h1-17,22,27-29,35H,18-21H2/t27-,28-,29-/m1/s1. The molecule has 1 N–H and O–H groups in total. The Morgan fingerprint density at radius 1 is 0.711 bits per heavy atom. The number of rotatable bonds is 13. The summed E-state index contributed by atoms with van der Waals surface area (Å²) >= 11 is 0. The van der Waals surface area contributed by atoms with E-state index in [1.165, 1.54) is 6.33 Å². The molecule has 0 unspecified atom stereocenters. The maximum Gasteiger partial charge on any atom is 0.252 e. The van der Waals surface area contributed by atoms with Gasteiger partial charge in [-0.2, -0.15) is 10.1 Å². The number of aromatic nitrogens is 4. The lowest BCUT2D eigenvalue weighted by Crippen LogP contribution is -2.39. The van der Waals surface area contributed by atoms with Crippen LogP contribution in [0.4, 0.5) is 0 Å². The van der Waals surface area contributed by atoms with Crippen LogP contribution >= 0.6 is 0 Å².